The van der Waals surface area contributed by atoms with Gasteiger partial charge in [0.1, 0.15) is 5.69 Å². The molecule has 0 aliphatic heterocycles. The van der Waals surface area contributed by atoms with Gasteiger partial charge in [-0.3, -0.25) is 0 Å². The summed E-state index contributed by atoms with van der Waals surface area (Å²) in [5.74, 6) is -0.285. The first-order valence-corrected chi connectivity index (χ1v) is 4.50. The smallest absolute Gasteiger partial charge is 0.354 e. The summed E-state index contributed by atoms with van der Waals surface area (Å²) in [6, 6.07) is 1.99. The Morgan fingerprint density at radius 1 is 1.64 bits per heavy atom. The Labute approximate surface area is 83.9 Å². The summed E-state index contributed by atoms with van der Waals surface area (Å²) >= 11 is 0. The zero-order valence-corrected chi connectivity index (χ0v) is 9.05. The lowest BCUT2D eigenvalue weighted by atomic mass is 10.2. The number of nitrogens with zero attached hydrogens (tertiary/aromatic N) is 1. The first kappa shape index (κ1) is 10.8. The number of rotatable bonds is 3. The van der Waals surface area contributed by atoms with Gasteiger partial charge < -0.3 is 14.6 Å². The SMILES string of the molecule is CNCc1cc(C)c(C(=O)OC)n1C. The molecule has 1 heterocycles. The number of aryl methyl sites for hydroxylation is 1. The van der Waals surface area contributed by atoms with Crippen LogP contribution in [0, 0.1) is 6.92 Å². The minimum absolute atomic E-state index is 0.285. The van der Waals surface area contributed by atoms with Crippen molar-refractivity contribution in [2.45, 2.75) is 13.5 Å². The van der Waals surface area contributed by atoms with Crippen molar-refractivity contribution in [2.75, 3.05) is 14.2 Å². The number of hydrogen-bond donors (Lipinski definition) is 1. The molecule has 4 heteroatoms. The predicted molar refractivity (Wildman–Crippen MR) is 54.3 cm³/mol. The number of esters is 1. The van der Waals surface area contributed by atoms with E-state index in [4.69, 9.17) is 4.74 Å². The van der Waals surface area contributed by atoms with Crippen molar-refractivity contribution in [3.63, 3.8) is 0 Å². The molecule has 14 heavy (non-hydrogen) atoms. The maximum Gasteiger partial charge on any atom is 0.354 e. The second-order valence-corrected chi connectivity index (χ2v) is 3.25. The first-order chi connectivity index (χ1) is 6.61. The van der Waals surface area contributed by atoms with E-state index in [1.165, 1.54) is 7.11 Å². The summed E-state index contributed by atoms with van der Waals surface area (Å²) in [6.45, 7) is 2.65. The van der Waals surface area contributed by atoms with Gasteiger partial charge in [0.25, 0.3) is 0 Å². The molecule has 0 radical (unpaired) electrons. The lowest BCUT2D eigenvalue weighted by molar-refractivity contribution is 0.0588. The van der Waals surface area contributed by atoms with E-state index in [-0.39, 0.29) is 5.97 Å². The van der Waals surface area contributed by atoms with Crippen molar-refractivity contribution < 1.29 is 9.53 Å². The molecule has 1 N–H and O–H groups in total. The van der Waals surface area contributed by atoms with Crippen LogP contribution >= 0.6 is 0 Å². The quantitative estimate of drug-likeness (QED) is 0.728. The number of carbonyl (C=O) groups is 1. The summed E-state index contributed by atoms with van der Waals surface area (Å²) in [7, 11) is 5.14. The Morgan fingerprint density at radius 2 is 2.29 bits per heavy atom. The average molecular weight is 196 g/mol. The van der Waals surface area contributed by atoms with E-state index < -0.39 is 0 Å². The topological polar surface area (TPSA) is 43.3 Å². The van der Waals surface area contributed by atoms with Gasteiger partial charge in [-0.25, -0.2) is 4.79 Å². The van der Waals surface area contributed by atoms with Crippen LogP contribution < -0.4 is 5.32 Å². The molecule has 0 fully saturated rings. The van der Waals surface area contributed by atoms with Gasteiger partial charge >= 0.3 is 5.97 Å². The summed E-state index contributed by atoms with van der Waals surface area (Å²) in [4.78, 5) is 11.4. The monoisotopic (exact) mass is 196 g/mol. The Morgan fingerprint density at radius 3 is 2.79 bits per heavy atom. The molecule has 0 amide bonds. The van der Waals surface area contributed by atoms with Crippen LogP contribution in [0.15, 0.2) is 6.07 Å². The second-order valence-electron chi connectivity index (χ2n) is 3.25. The maximum absolute atomic E-state index is 11.4. The lowest BCUT2D eigenvalue weighted by Crippen LogP contribution is -2.13. The van der Waals surface area contributed by atoms with E-state index in [1.807, 2.05) is 31.7 Å². The van der Waals surface area contributed by atoms with E-state index in [2.05, 4.69) is 5.32 Å². The molecule has 1 aromatic rings. The number of hydrogen-bond acceptors (Lipinski definition) is 3. The van der Waals surface area contributed by atoms with E-state index >= 15 is 0 Å². The highest BCUT2D eigenvalue weighted by atomic mass is 16.5. The van der Waals surface area contributed by atoms with E-state index in [0.29, 0.717) is 5.69 Å². The Hall–Kier alpha value is -1.29. The second kappa shape index (κ2) is 4.28. The third-order valence-corrected chi connectivity index (χ3v) is 2.26. The van der Waals surface area contributed by atoms with Gasteiger partial charge in [0, 0.05) is 19.3 Å². The summed E-state index contributed by atoms with van der Waals surface area (Å²) in [5, 5.41) is 3.05. The average Bonchev–Trinajstić information content (AvgIpc) is 2.42. The van der Waals surface area contributed by atoms with E-state index in [0.717, 1.165) is 17.8 Å². The summed E-state index contributed by atoms with van der Waals surface area (Å²) < 4.78 is 6.57. The van der Waals surface area contributed by atoms with Crippen molar-refractivity contribution in [1.82, 2.24) is 9.88 Å². The van der Waals surface area contributed by atoms with Crippen molar-refractivity contribution in [3.8, 4) is 0 Å². The summed E-state index contributed by atoms with van der Waals surface area (Å²) in [5.41, 5.74) is 2.65. The van der Waals surface area contributed by atoms with E-state index in [9.17, 15) is 4.79 Å². The lowest BCUT2D eigenvalue weighted by Gasteiger charge is -2.05. The molecular formula is C10H16N2O2. The fraction of sp³-hybridized carbons (Fsp3) is 0.500. The van der Waals surface area contributed by atoms with Crippen LogP contribution in [0.4, 0.5) is 0 Å². The van der Waals surface area contributed by atoms with Crippen LogP contribution in [0.2, 0.25) is 0 Å². The normalized spacial score (nSPS) is 10.3. The first-order valence-electron chi connectivity index (χ1n) is 4.50. The van der Waals surface area contributed by atoms with Crippen molar-refractivity contribution >= 4 is 5.97 Å². The van der Waals surface area contributed by atoms with Crippen LogP contribution in [0.3, 0.4) is 0 Å². The fourth-order valence-corrected chi connectivity index (χ4v) is 1.57. The highest BCUT2D eigenvalue weighted by Gasteiger charge is 2.16. The van der Waals surface area contributed by atoms with Crippen LogP contribution in [0.25, 0.3) is 0 Å². The maximum atomic E-state index is 11.4. The molecule has 0 atom stereocenters. The van der Waals surface area contributed by atoms with Gasteiger partial charge in [0.2, 0.25) is 0 Å². The van der Waals surface area contributed by atoms with Crippen LogP contribution in [0.1, 0.15) is 21.7 Å². The van der Waals surface area contributed by atoms with Crippen molar-refractivity contribution in [2.24, 2.45) is 7.05 Å². The minimum Gasteiger partial charge on any atom is -0.464 e. The highest BCUT2D eigenvalue weighted by molar-refractivity contribution is 5.89. The Balaban J connectivity index is 3.11. The molecule has 0 aromatic carbocycles. The number of aromatic nitrogens is 1. The van der Waals surface area contributed by atoms with Gasteiger partial charge in [-0.2, -0.15) is 0 Å². The van der Waals surface area contributed by atoms with Crippen molar-refractivity contribution in [1.29, 1.82) is 0 Å². The highest BCUT2D eigenvalue weighted by Crippen LogP contribution is 2.14. The molecule has 0 aliphatic carbocycles. The van der Waals surface area contributed by atoms with Gasteiger partial charge in [0.15, 0.2) is 0 Å². The standard InChI is InChI=1S/C10H16N2O2/c1-7-5-8(6-11-2)12(3)9(7)10(13)14-4/h5,11H,6H2,1-4H3. The number of ether oxygens (including phenoxy) is 1. The molecule has 0 saturated heterocycles. The number of carbonyl (C=O) groups excluding carboxylic acids is 1. The molecule has 0 bridgehead atoms. The van der Waals surface area contributed by atoms with Crippen molar-refractivity contribution in [3.05, 3.63) is 23.0 Å². The third-order valence-electron chi connectivity index (χ3n) is 2.26. The zero-order valence-electron chi connectivity index (χ0n) is 9.05. The Bertz CT molecular complexity index is 342. The molecule has 0 aliphatic rings. The van der Waals surface area contributed by atoms with Crippen LogP contribution in [0.5, 0.6) is 0 Å². The Kier molecular flexibility index (Phi) is 3.30. The molecule has 0 saturated carbocycles. The number of nitrogens with one attached hydrogen (secondary N) is 1. The van der Waals surface area contributed by atoms with Gasteiger partial charge in [0.05, 0.1) is 7.11 Å². The minimum atomic E-state index is -0.285. The van der Waals surface area contributed by atoms with Gasteiger partial charge in [-0.05, 0) is 25.6 Å². The molecular weight excluding hydrogens is 180 g/mol. The van der Waals surface area contributed by atoms with Gasteiger partial charge in [-0.1, -0.05) is 0 Å². The number of methoxy groups -OCH3 is 1. The van der Waals surface area contributed by atoms with Gasteiger partial charge in [-0.15, -0.1) is 0 Å². The predicted octanol–water partition coefficient (Wildman–Crippen LogP) is 0.840. The third kappa shape index (κ3) is 1.80. The van der Waals surface area contributed by atoms with Crippen LogP contribution in [-0.4, -0.2) is 24.7 Å². The fourth-order valence-electron chi connectivity index (χ4n) is 1.57. The molecule has 4 nitrogen and oxygen atoms in total. The van der Waals surface area contributed by atoms with Crippen LogP contribution in [-0.2, 0) is 18.3 Å². The molecule has 78 valence electrons. The molecule has 0 unspecified atom stereocenters. The largest absolute Gasteiger partial charge is 0.464 e. The molecule has 0 spiro atoms. The summed E-state index contributed by atoms with van der Waals surface area (Å²) in [6.07, 6.45) is 0. The van der Waals surface area contributed by atoms with E-state index in [1.54, 1.807) is 0 Å². The zero-order chi connectivity index (χ0) is 10.7. The molecule has 1 rings (SSSR count). The molecule has 1 aromatic heterocycles.